The fourth-order valence-electron chi connectivity index (χ4n) is 4.50. The number of thiophene rings is 1. The van der Waals surface area contributed by atoms with Crippen molar-refractivity contribution in [3.05, 3.63) is 56.7 Å². The number of aromatic amines is 1. The zero-order chi connectivity index (χ0) is 21.9. The number of carbonyl (C=O) groups excluding carboxylic acids is 1. The van der Waals surface area contributed by atoms with Crippen LogP contribution in [0.5, 0.6) is 0 Å². The maximum atomic E-state index is 12.7. The minimum Gasteiger partial charge on any atom is -0.339 e. The van der Waals surface area contributed by atoms with E-state index in [1.807, 2.05) is 29.4 Å². The van der Waals surface area contributed by atoms with Crippen molar-refractivity contribution >= 4 is 39.2 Å². The third-order valence-electron chi connectivity index (χ3n) is 6.22. The Kier molecular flexibility index (Phi) is 6.56. The molecule has 5 rings (SSSR count). The van der Waals surface area contributed by atoms with E-state index in [2.05, 4.69) is 14.9 Å². The number of amides is 1. The first-order chi connectivity index (χ1) is 15.7. The van der Waals surface area contributed by atoms with Crippen LogP contribution in [0.15, 0.2) is 29.3 Å². The Morgan fingerprint density at radius 3 is 2.72 bits per heavy atom. The summed E-state index contributed by atoms with van der Waals surface area (Å²) in [6.45, 7) is 4.17. The monoisotopic (exact) mass is 469 g/mol. The van der Waals surface area contributed by atoms with Gasteiger partial charge in [0.05, 0.1) is 16.9 Å². The fourth-order valence-corrected chi connectivity index (χ4v) is 6.58. The molecule has 0 radical (unpaired) electrons. The van der Waals surface area contributed by atoms with Gasteiger partial charge in [-0.25, -0.2) is 4.98 Å². The summed E-state index contributed by atoms with van der Waals surface area (Å²) >= 11 is 3.19. The van der Waals surface area contributed by atoms with Crippen LogP contribution in [0.4, 0.5) is 0 Å². The van der Waals surface area contributed by atoms with Crippen LogP contribution in [0, 0.1) is 0 Å². The van der Waals surface area contributed by atoms with Gasteiger partial charge in [0.15, 0.2) is 0 Å². The lowest BCUT2D eigenvalue weighted by Gasteiger charge is -2.34. The molecule has 1 fully saturated rings. The van der Waals surface area contributed by atoms with E-state index in [0.717, 1.165) is 62.2 Å². The van der Waals surface area contributed by atoms with Crippen LogP contribution in [-0.2, 0) is 29.9 Å². The number of carbonyl (C=O) groups is 1. The molecular weight excluding hydrogens is 442 g/mol. The van der Waals surface area contributed by atoms with Crippen LogP contribution in [0.1, 0.15) is 34.7 Å². The van der Waals surface area contributed by atoms with Crippen molar-refractivity contribution in [2.75, 3.05) is 31.9 Å². The Morgan fingerprint density at radius 2 is 1.91 bits per heavy atom. The first kappa shape index (κ1) is 21.6. The predicted molar refractivity (Wildman–Crippen MR) is 129 cm³/mol. The van der Waals surface area contributed by atoms with Crippen molar-refractivity contribution in [2.24, 2.45) is 0 Å². The van der Waals surface area contributed by atoms with Crippen LogP contribution >= 0.6 is 23.1 Å². The molecule has 9 heteroatoms. The van der Waals surface area contributed by atoms with Gasteiger partial charge in [0.25, 0.3) is 5.56 Å². The molecule has 1 aliphatic carbocycles. The van der Waals surface area contributed by atoms with Crippen molar-refractivity contribution in [3.63, 3.8) is 0 Å². The Morgan fingerprint density at radius 1 is 1.12 bits per heavy atom. The number of pyridine rings is 1. The summed E-state index contributed by atoms with van der Waals surface area (Å²) < 4.78 is 0. The highest BCUT2D eigenvalue weighted by atomic mass is 32.2. The molecule has 1 amide bonds. The number of hydrogen-bond donors (Lipinski definition) is 1. The summed E-state index contributed by atoms with van der Waals surface area (Å²) in [6.07, 6.45) is 8.02. The van der Waals surface area contributed by atoms with Gasteiger partial charge in [-0.2, -0.15) is 0 Å². The molecule has 3 aromatic rings. The van der Waals surface area contributed by atoms with Gasteiger partial charge in [-0.1, -0.05) is 0 Å². The second-order valence-electron chi connectivity index (χ2n) is 8.41. The highest BCUT2D eigenvalue weighted by Crippen LogP contribution is 2.33. The van der Waals surface area contributed by atoms with Gasteiger partial charge in [-0.3, -0.25) is 19.5 Å². The summed E-state index contributed by atoms with van der Waals surface area (Å²) in [5, 5.41) is 0.791. The molecule has 2 aliphatic rings. The van der Waals surface area contributed by atoms with E-state index in [0.29, 0.717) is 17.3 Å². The van der Waals surface area contributed by atoms with Gasteiger partial charge >= 0.3 is 0 Å². The molecule has 0 unspecified atom stereocenters. The van der Waals surface area contributed by atoms with Crippen LogP contribution in [0.25, 0.3) is 10.2 Å². The van der Waals surface area contributed by atoms with Gasteiger partial charge in [0.2, 0.25) is 5.91 Å². The molecule has 0 bridgehead atoms. The Labute approximate surface area is 195 Å². The van der Waals surface area contributed by atoms with E-state index in [4.69, 9.17) is 4.98 Å². The number of fused-ring (bicyclic) bond motifs is 3. The van der Waals surface area contributed by atoms with Crippen LogP contribution in [0.2, 0.25) is 0 Å². The van der Waals surface area contributed by atoms with Crippen LogP contribution < -0.4 is 5.56 Å². The number of nitrogens with zero attached hydrogens (tertiary/aromatic N) is 4. The summed E-state index contributed by atoms with van der Waals surface area (Å²) in [5.41, 5.74) is 2.43. The Hall–Kier alpha value is -2.23. The van der Waals surface area contributed by atoms with Crippen molar-refractivity contribution in [2.45, 2.75) is 38.0 Å². The zero-order valence-electron chi connectivity index (χ0n) is 18.0. The minimum atomic E-state index is -0.0263. The highest BCUT2D eigenvalue weighted by molar-refractivity contribution is 7.99. The van der Waals surface area contributed by atoms with Crippen LogP contribution in [-0.4, -0.2) is 62.6 Å². The third kappa shape index (κ3) is 4.74. The lowest BCUT2D eigenvalue weighted by molar-refractivity contribution is -0.130. The second-order valence-corrected chi connectivity index (χ2v) is 10.5. The molecule has 1 N–H and O–H groups in total. The molecule has 32 heavy (non-hydrogen) atoms. The first-order valence-corrected chi connectivity index (χ1v) is 13.1. The van der Waals surface area contributed by atoms with Gasteiger partial charge in [-0.05, 0) is 48.9 Å². The number of aryl methyl sites for hydroxylation is 2. The average molecular weight is 470 g/mol. The first-order valence-electron chi connectivity index (χ1n) is 11.2. The van der Waals surface area contributed by atoms with Crippen LogP contribution in [0.3, 0.4) is 0 Å². The van der Waals surface area contributed by atoms with E-state index < -0.39 is 0 Å². The molecule has 1 saturated heterocycles. The molecule has 0 spiro atoms. The maximum absolute atomic E-state index is 12.7. The third-order valence-corrected chi connectivity index (χ3v) is 8.33. The SMILES string of the molecule is O=C(CSCc1nc2sc3c(c2c(=O)[nH]1)CCCC3)N1CCN(Cc2ccncc2)CC1. The molecule has 7 nitrogen and oxygen atoms in total. The lowest BCUT2D eigenvalue weighted by atomic mass is 9.97. The normalized spacial score (nSPS) is 16.9. The Bertz CT molecular complexity index is 1150. The van der Waals surface area contributed by atoms with E-state index in [1.54, 1.807) is 11.3 Å². The molecule has 0 atom stereocenters. The summed E-state index contributed by atoms with van der Waals surface area (Å²) in [7, 11) is 0. The average Bonchev–Trinajstić information content (AvgIpc) is 3.19. The van der Waals surface area contributed by atoms with E-state index in [9.17, 15) is 9.59 Å². The second kappa shape index (κ2) is 9.72. The van der Waals surface area contributed by atoms with Crippen molar-refractivity contribution < 1.29 is 4.79 Å². The smallest absolute Gasteiger partial charge is 0.259 e. The molecule has 168 valence electrons. The zero-order valence-corrected chi connectivity index (χ0v) is 19.6. The number of hydrogen-bond acceptors (Lipinski definition) is 7. The van der Waals surface area contributed by atoms with E-state index in [1.165, 1.54) is 34.2 Å². The van der Waals surface area contributed by atoms with E-state index >= 15 is 0 Å². The standard InChI is InChI=1S/C23H27N5O2S2/c29-20(28-11-9-27(10-12-28)13-16-5-7-24-8-6-16)15-31-14-19-25-22(30)21-17-3-1-2-4-18(17)32-23(21)26-19/h5-8H,1-4,9-15H2,(H,25,26,30). The minimum absolute atomic E-state index is 0.0263. The van der Waals surface area contributed by atoms with Crippen molar-refractivity contribution in [1.82, 2.24) is 24.8 Å². The molecule has 4 heterocycles. The summed E-state index contributed by atoms with van der Waals surface area (Å²) in [4.78, 5) is 43.5. The molecule has 1 aliphatic heterocycles. The number of rotatable bonds is 6. The summed E-state index contributed by atoms with van der Waals surface area (Å²) in [6, 6.07) is 4.07. The topological polar surface area (TPSA) is 82.2 Å². The lowest BCUT2D eigenvalue weighted by Crippen LogP contribution is -2.48. The number of piperazine rings is 1. The fraction of sp³-hybridized carbons (Fsp3) is 0.478. The van der Waals surface area contributed by atoms with E-state index in [-0.39, 0.29) is 11.5 Å². The van der Waals surface area contributed by atoms with Gasteiger partial charge in [0, 0.05) is 50.0 Å². The number of H-pyrrole nitrogens is 1. The molecule has 3 aromatic heterocycles. The van der Waals surface area contributed by atoms with Crippen molar-refractivity contribution in [1.29, 1.82) is 0 Å². The highest BCUT2D eigenvalue weighted by Gasteiger charge is 2.22. The Balaban J connectivity index is 1.12. The number of aromatic nitrogens is 3. The van der Waals surface area contributed by atoms with Gasteiger partial charge < -0.3 is 9.88 Å². The van der Waals surface area contributed by atoms with Crippen molar-refractivity contribution in [3.8, 4) is 0 Å². The quantitative estimate of drug-likeness (QED) is 0.598. The number of thioether (sulfide) groups is 1. The molecule has 0 aromatic carbocycles. The van der Waals surface area contributed by atoms with Gasteiger partial charge in [0.1, 0.15) is 10.7 Å². The largest absolute Gasteiger partial charge is 0.339 e. The molecule has 0 saturated carbocycles. The summed E-state index contributed by atoms with van der Waals surface area (Å²) in [5.74, 6) is 1.78. The maximum Gasteiger partial charge on any atom is 0.259 e. The molecular formula is C23H27N5O2S2. The number of nitrogens with one attached hydrogen (secondary N) is 1. The van der Waals surface area contributed by atoms with Gasteiger partial charge in [-0.15, -0.1) is 23.1 Å². The predicted octanol–water partition coefficient (Wildman–Crippen LogP) is 2.84.